The summed E-state index contributed by atoms with van der Waals surface area (Å²) < 4.78 is 5.64. The monoisotopic (exact) mass is 304 g/mol. The van der Waals surface area contributed by atoms with Crippen molar-refractivity contribution in [3.63, 3.8) is 0 Å². The Kier molecular flexibility index (Phi) is 4.98. The molecule has 4 nitrogen and oxygen atoms in total. The predicted molar refractivity (Wildman–Crippen MR) is 80.6 cm³/mol. The Hall–Kier alpha value is -2.30. The largest absolute Gasteiger partial charge is 0.478 e. The molecule has 0 bridgehead atoms. The van der Waals surface area contributed by atoms with Gasteiger partial charge in [0.1, 0.15) is 11.5 Å². The Bertz CT molecular complexity index is 662. The van der Waals surface area contributed by atoms with Gasteiger partial charge in [-0.05, 0) is 41.5 Å². The fourth-order valence-electron chi connectivity index (χ4n) is 1.66. The molecule has 0 unspecified atom stereocenters. The van der Waals surface area contributed by atoms with E-state index in [4.69, 9.17) is 26.6 Å². The number of aliphatic carboxylic acids is 1. The Morgan fingerprint density at radius 3 is 2.48 bits per heavy atom. The minimum Gasteiger partial charge on any atom is -0.478 e. The predicted octanol–water partition coefficient (Wildman–Crippen LogP) is 3.72. The van der Waals surface area contributed by atoms with Crippen molar-refractivity contribution in [1.29, 1.82) is 0 Å². The summed E-state index contributed by atoms with van der Waals surface area (Å²) in [7, 11) is 0. The summed E-state index contributed by atoms with van der Waals surface area (Å²) in [6, 6.07) is 12.0. The zero-order valence-corrected chi connectivity index (χ0v) is 11.7. The van der Waals surface area contributed by atoms with E-state index in [2.05, 4.69) is 0 Å². The summed E-state index contributed by atoms with van der Waals surface area (Å²) in [5.74, 6) is 0.0549. The van der Waals surface area contributed by atoms with Gasteiger partial charge in [0.05, 0.1) is 11.6 Å². The molecule has 0 saturated carbocycles. The van der Waals surface area contributed by atoms with Crippen LogP contribution in [0.2, 0.25) is 5.02 Å². The van der Waals surface area contributed by atoms with Crippen LogP contribution in [0.25, 0.3) is 6.08 Å². The number of carboxylic acid groups (broad SMARTS) is 1. The number of aliphatic hydroxyl groups is 1. The second-order valence-corrected chi connectivity index (χ2v) is 4.67. The lowest BCUT2D eigenvalue weighted by Gasteiger charge is -2.08. The molecule has 0 spiro atoms. The van der Waals surface area contributed by atoms with Gasteiger partial charge in [0.15, 0.2) is 0 Å². The first kappa shape index (κ1) is 15.1. The highest BCUT2D eigenvalue weighted by Crippen LogP contribution is 2.30. The summed E-state index contributed by atoms with van der Waals surface area (Å²) in [4.78, 5) is 10.5. The Morgan fingerprint density at radius 1 is 1.19 bits per heavy atom. The molecule has 2 aromatic carbocycles. The van der Waals surface area contributed by atoms with Crippen molar-refractivity contribution in [2.45, 2.75) is 6.61 Å². The third-order valence-corrected chi connectivity index (χ3v) is 3.00. The molecule has 108 valence electrons. The molecule has 0 aliphatic heterocycles. The molecule has 0 atom stereocenters. The number of aliphatic hydroxyl groups excluding tert-OH is 1. The second kappa shape index (κ2) is 6.92. The lowest BCUT2D eigenvalue weighted by Crippen LogP contribution is -1.88. The average Bonchev–Trinajstić information content (AvgIpc) is 2.48. The molecule has 5 heteroatoms. The molecule has 0 aliphatic rings. The molecule has 2 rings (SSSR count). The summed E-state index contributed by atoms with van der Waals surface area (Å²) in [6.45, 7) is -0.0222. The van der Waals surface area contributed by atoms with Gasteiger partial charge in [-0.2, -0.15) is 0 Å². The minimum atomic E-state index is -1.02. The van der Waals surface area contributed by atoms with Gasteiger partial charge in [-0.1, -0.05) is 29.8 Å². The maximum Gasteiger partial charge on any atom is 0.328 e. The van der Waals surface area contributed by atoms with Gasteiger partial charge in [-0.15, -0.1) is 0 Å². The standard InChI is InChI=1S/C16H13ClO4/c17-14-9-11(4-8-16(19)20)3-7-15(14)21-13-5-1-12(10-18)2-6-13/h1-9,18H,10H2,(H,19,20)/b8-4+. The van der Waals surface area contributed by atoms with Gasteiger partial charge in [0.2, 0.25) is 0 Å². The van der Waals surface area contributed by atoms with E-state index in [0.29, 0.717) is 22.1 Å². The maximum absolute atomic E-state index is 10.5. The highest BCUT2D eigenvalue weighted by Gasteiger charge is 2.04. The SMILES string of the molecule is O=C(O)/C=C/c1ccc(Oc2ccc(CO)cc2)c(Cl)c1. The van der Waals surface area contributed by atoms with Gasteiger partial charge >= 0.3 is 5.97 Å². The van der Waals surface area contributed by atoms with Crippen molar-refractivity contribution in [2.24, 2.45) is 0 Å². The van der Waals surface area contributed by atoms with Crippen molar-refractivity contribution >= 4 is 23.6 Å². The average molecular weight is 305 g/mol. The smallest absolute Gasteiger partial charge is 0.328 e. The van der Waals surface area contributed by atoms with Crippen LogP contribution >= 0.6 is 11.6 Å². The van der Waals surface area contributed by atoms with E-state index in [0.717, 1.165) is 11.6 Å². The molecule has 0 aliphatic carbocycles. The Labute approximate surface area is 126 Å². The van der Waals surface area contributed by atoms with E-state index < -0.39 is 5.97 Å². The van der Waals surface area contributed by atoms with Crippen molar-refractivity contribution in [1.82, 2.24) is 0 Å². The topological polar surface area (TPSA) is 66.8 Å². The maximum atomic E-state index is 10.5. The second-order valence-electron chi connectivity index (χ2n) is 4.27. The summed E-state index contributed by atoms with van der Waals surface area (Å²) >= 11 is 6.11. The number of halogens is 1. The van der Waals surface area contributed by atoms with Crippen molar-refractivity contribution in [3.8, 4) is 11.5 Å². The van der Waals surface area contributed by atoms with Gasteiger partial charge in [0.25, 0.3) is 0 Å². The van der Waals surface area contributed by atoms with Gasteiger partial charge in [0, 0.05) is 6.08 Å². The fraction of sp³-hybridized carbons (Fsp3) is 0.0625. The molecule has 0 saturated heterocycles. The number of hydrogen-bond donors (Lipinski definition) is 2. The molecule has 0 aromatic heterocycles. The van der Waals surface area contributed by atoms with Crippen LogP contribution in [0.1, 0.15) is 11.1 Å². The third-order valence-electron chi connectivity index (χ3n) is 2.71. The summed E-state index contributed by atoms with van der Waals surface area (Å²) in [5.41, 5.74) is 1.47. The molecular formula is C16H13ClO4. The highest BCUT2D eigenvalue weighted by molar-refractivity contribution is 6.32. The summed E-state index contributed by atoms with van der Waals surface area (Å²) in [6.07, 6.45) is 2.49. The molecule has 0 heterocycles. The molecule has 2 aromatic rings. The number of carbonyl (C=O) groups is 1. The van der Waals surface area contributed by atoms with E-state index in [1.165, 1.54) is 6.08 Å². The zero-order valence-electron chi connectivity index (χ0n) is 11.0. The molecule has 0 amide bonds. The van der Waals surface area contributed by atoms with Crippen LogP contribution < -0.4 is 4.74 Å². The van der Waals surface area contributed by atoms with E-state index >= 15 is 0 Å². The van der Waals surface area contributed by atoms with Crippen molar-refractivity contribution in [3.05, 3.63) is 64.7 Å². The van der Waals surface area contributed by atoms with Crippen LogP contribution in [-0.4, -0.2) is 16.2 Å². The van der Waals surface area contributed by atoms with Crippen LogP contribution in [0.5, 0.6) is 11.5 Å². The van der Waals surface area contributed by atoms with Gasteiger partial charge in [-0.3, -0.25) is 0 Å². The van der Waals surface area contributed by atoms with E-state index in [9.17, 15) is 4.79 Å². The molecular weight excluding hydrogens is 292 g/mol. The van der Waals surface area contributed by atoms with Crippen molar-refractivity contribution < 1.29 is 19.7 Å². The van der Waals surface area contributed by atoms with Crippen LogP contribution in [0.4, 0.5) is 0 Å². The Balaban J connectivity index is 2.14. The van der Waals surface area contributed by atoms with Crippen LogP contribution in [0.3, 0.4) is 0 Å². The Morgan fingerprint density at radius 2 is 1.90 bits per heavy atom. The number of carboxylic acids is 1. The van der Waals surface area contributed by atoms with E-state index in [1.807, 2.05) is 0 Å². The first-order chi connectivity index (χ1) is 10.1. The normalized spacial score (nSPS) is 10.8. The van der Waals surface area contributed by atoms with Gasteiger partial charge in [-0.25, -0.2) is 4.79 Å². The lowest BCUT2D eigenvalue weighted by molar-refractivity contribution is -0.131. The zero-order chi connectivity index (χ0) is 15.2. The van der Waals surface area contributed by atoms with Crippen LogP contribution in [0, 0.1) is 0 Å². The first-order valence-electron chi connectivity index (χ1n) is 6.16. The van der Waals surface area contributed by atoms with E-state index in [1.54, 1.807) is 42.5 Å². The number of rotatable bonds is 5. The number of benzene rings is 2. The lowest BCUT2D eigenvalue weighted by atomic mass is 10.2. The molecule has 0 radical (unpaired) electrons. The van der Waals surface area contributed by atoms with Crippen molar-refractivity contribution in [2.75, 3.05) is 0 Å². The first-order valence-corrected chi connectivity index (χ1v) is 6.54. The fourth-order valence-corrected chi connectivity index (χ4v) is 1.89. The highest BCUT2D eigenvalue weighted by atomic mass is 35.5. The number of ether oxygens (including phenoxy) is 1. The molecule has 0 fully saturated rings. The van der Waals surface area contributed by atoms with Gasteiger partial charge < -0.3 is 14.9 Å². The third kappa shape index (κ3) is 4.34. The quantitative estimate of drug-likeness (QED) is 0.826. The molecule has 21 heavy (non-hydrogen) atoms. The number of hydrogen-bond acceptors (Lipinski definition) is 3. The minimum absolute atomic E-state index is 0.0222. The molecule has 2 N–H and O–H groups in total. The van der Waals surface area contributed by atoms with Crippen LogP contribution in [0.15, 0.2) is 48.5 Å². The van der Waals surface area contributed by atoms with E-state index in [-0.39, 0.29) is 6.61 Å². The van der Waals surface area contributed by atoms with Crippen LogP contribution in [-0.2, 0) is 11.4 Å². The summed E-state index contributed by atoms with van der Waals surface area (Å²) in [5, 5.41) is 17.9.